The normalized spacial score (nSPS) is 11.5. The fraction of sp³-hybridized carbons (Fsp3) is 0.306. The van der Waals surface area contributed by atoms with Crippen LogP contribution in [0.2, 0.25) is 0 Å². The quantitative estimate of drug-likeness (QED) is 0.0193. The first kappa shape index (κ1) is 76.0. The number of hydrogen-bond donors (Lipinski definition) is 4. The zero-order valence-electron chi connectivity index (χ0n) is 53.1. The van der Waals surface area contributed by atoms with Crippen LogP contribution in [0.4, 0.5) is 22.7 Å². The molecular weight excluding hydrogens is 1460 g/mol. The molecule has 9 rings (SSSR count). The van der Waals surface area contributed by atoms with Gasteiger partial charge in [0.05, 0.1) is 54.9 Å². The molecule has 92 heavy (non-hydrogen) atoms. The van der Waals surface area contributed by atoms with Gasteiger partial charge in [0, 0.05) is 110 Å². The van der Waals surface area contributed by atoms with Crippen LogP contribution in [-0.4, -0.2) is 88.0 Å². The van der Waals surface area contributed by atoms with E-state index in [-0.39, 0.29) is 42.1 Å². The maximum absolute atomic E-state index is 10.5. The number of aliphatic imine (C=N–C) groups is 2. The Kier molecular flexibility index (Phi) is 32.8. The largest absolute Gasteiger partial charge is 0.497 e. The van der Waals surface area contributed by atoms with Gasteiger partial charge in [-0.25, -0.2) is 0 Å². The Morgan fingerprint density at radius 3 is 0.826 bits per heavy atom. The molecule has 0 aliphatic heterocycles. The third kappa shape index (κ3) is 22.8. The Bertz CT molecular complexity index is 3260. The van der Waals surface area contributed by atoms with Crippen molar-refractivity contribution in [3.05, 3.63) is 221 Å². The molecule has 8 aromatic carbocycles. The molecular formula is C72H80Br2Mo2N4O12-2. The Balaban J connectivity index is 0.000000312. The molecule has 0 spiro atoms. The molecule has 0 atom stereocenters. The minimum absolute atomic E-state index is 0. The second-order valence-corrected chi connectivity index (χ2v) is 22.7. The zero-order chi connectivity index (χ0) is 64.4. The van der Waals surface area contributed by atoms with Gasteiger partial charge in [-0.1, -0.05) is 121 Å². The fourth-order valence-electron chi connectivity index (χ4n) is 9.71. The van der Waals surface area contributed by atoms with E-state index in [4.69, 9.17) is 37.9 Å². The maximum Gasteiger partial charge on any atom is 0.178 e. The molecule has 0 heterocycles. The summed E-state index contributed by atoms with van der Waals surface area (Å²) in [4.78, 5) is 8.48. The van der Waals surface area contributed by atoms with Crippen molar-refractivity contribution in [2.24, 2.45) is 9.98 Å². The van der Waals surface area contributed by atoms with E-state index < -0.39 is 12.6 Å². The number of methoxy groups -OCH3 is 4. The Morgan fingerprint density at radius 1 is 0.380 bits per heavy atom. The molecule has 0 aromatic heterocycles. The van der Waals surface area contributed by atoms with Crippen LogP contribution >= 0.6 is 31.9 Å². The summed E-state index contributed by atoms with van der Waals surface area (Å²) in [5.74, 6) is 6.08. The molecule has 0 unspecified atom stereocenters. The minimum Gasteiger partial charge on any atom is -0.497 e. The van der Waals surface area contributed by atoms with E-state index in [1.807, 2.05) is 146 Å². The minimum atomic E-state index is -1.69. The van der Waals surface area contributed by atoms with Gasteiger partial charge in [0.25, 0.3) is 0 Å². The van der Waals surface area contributed by atoms with Gasteiger partial charge >= 0.3 is 0 Å². The summed E-state index contributed by atoms with van der Waals surface area (Å²) in [6.07, 6.45) is 4.44. The van der Waals surface area contributed by atoms with Crippen LogP contribution in [0, 0.1) is 0 Å². The number of benzene rings is 8. The van der Waals surface area contributed by atoms with Crippen molar-refractivity contribution < 1.29 is 100 Å². The third-order valence-electron chi connectivity index (χ3n) is 14.0. The molecule has 488 valence electrons. The molecule has 0 saturated heterocycles. The van der Waals surface area contributed by atoms with Gasteiger partial charge < -0.3 is 78.9 Å². The second kappa shape index (κ2) is 39.7. The fourth-order valence-corrected chi connectivity index (χ4v) is 10.8. The average molecular weight is 1550 g/mol. The first-order valence-electron chi connectivity index (χ1n) is 29.9. The summed E-state index contributed by atoms with van der Waals surface area (Å²) in [6.45, 7) is 10.2. The predicted molar refractivity (Wildman–Crippen MR) is 364 cm³/mol. The van der Waals surface area contributed by atoms with Gasteiger partial charge in [-0.15, -0.1) is 0 Å². The van der Waals surface area contributed by atoms with Crippen molar-refractivity contribution in [1.82, 2.24) is 0 Å². The molecule has 0 amide bonds. The SMILES string of the molecule is CCCOc1c2cc(Br)cc1Cc1cc(C(O)O)cc(c1OCCC)Cc1cc(Br)cc(c1OCCC)Cc1cc(C(O)O)cc(c1OCCC)C2.COc1ccc(N=C[N-]c2ccc(OC)cc2)cc1.COc1ccc(N=C[N-]c2ccc(OC)cc2)cc1.[Mo].[Mo]. The number of ether oxygens (including phenoxy) is 8. The van der Waals surface area contributed by atoms with Crippen LogP contribution in [0.15, 0.2) is 165 Å². The molecule has 0 saturated carbocycles. The summed E-state index contributed by atoms with van der Waals surface area (Å²) in [5, 5.41) is 50.6. The molecule has 0 radical (unpaired) electrons. The van der Waals surface area contributed by atoms with E-state index in [0.29, 0.717) is 74.7 Å². The number of nitrogens with zero attached hydrogens (tertiary/aromatic N) is 4. The van der Waals surface area contributed by atoms with E-state index in [1.54, 1.807) is 28.4 Å². The summed E-state index contributed by atoms with van der Waals surface area (Å²) < 4.78 is 48.2. The Hall–Kier alpha value is -6.72. The van der Waals surface area contributed by atoms with Crippen molar-refractivity contribution in [1.29, 1.82) is 0 Å². The van der Waals surface area contributed by atoms with Gasteiger partial charge in [-0.2, -0.15) is 0 Å². The molecule has 20 heteroatoms. The second-order valence-electron chi connectivity index (χ2n) is 20.8. The van der Waals surface area contributed by atoms with Crippen LogP contribution in [-0.2, 0) is 67.8 Å². The molecule has 16 nitrogen and oxygen atoms in total. The van der Waals surface area contributed by atoms with Crippen LogP contribution in [0.3, 0.4) is 0 Å². The van der Waals surface area contributed by atoms with Crippen molar-refractivity contribution in [2.45, 2.75) is 91.6 Å². The molecule has 1 aliphatic rings. The van der Waals surface area contributed by atoms with Gasteiger partial charge in [-0.05, 0) is 168 Å². The predicted octanol–water partition coefficient (Wildman–Crippen LogP) is 17.1. The average Bonchev–Trinajstić information content (AvgIpc) is 1.29. The number of aliphatic hydroxyl groups is 4. The number of halogens is 2. The van der Waals surface area contributed by atoms with Crippen LogP contribution in [0.5, 0.6) is 46.0 Å². The van der Waals surface area contributed by atoms with E-state index in [9.17, 15) is 20.4 Å². The monoisotopic (exact) mass is 1550 g/mol. The molecule has 8 aromatic rings. The molecule has 4 N–H and O–H groups in total. The number of aliphatic hydroxyl groups excluding tert-OH is 2. The van der Waals surface area contributed by atoms with Crippen LogP contribution < -0.4 is 37.9 Å². The molecule has 8 bridgehead atoms. The van der Waals surface area contributed by atoms with Crippen molar-refractivity contribution in [3.8, 4) is 46.0 Å². The first-order valence-corrected chi connectivity index (χ1v) is 31.5. The zero-order valence-corrected chi connectivity index (χ0v) is 60.3. The maximum atomic E-state index is 10.5. The first-order chi connectivity index (χ1) is 43.7. The van der Waals surface area contributed by atoms with E-state index in [0.717, 1.165) is 136 Å². The van der Waals surface area contributed by atoms with E-state index in [2.05, 4.69) is 80.2 Å². The standard InChI is InChI=1S/C42H50Br2O8.2C15H15N2O2.2Mo/c1-5-9-49-37-25-13-29-21-35(43)23-31(39(29)51-11-7-3)15-27-19-34(42(47)48)20-28(38(27)50-10-6-2)16-32-24-36(44)22-30(40(32)52-12-8-4)14-26(37)18-33(17-25)41(45)46;2*1-18-14-7-3-12(4-8-14)16-11-17-13-5-9-15(19-2)10-6-13;;/h17-24,41-42,45-48H,5-16H2,1-4H3;2*3-11H,1-2H3;;/q;2*-1;;. The molecule has 0 fully saturated rings. The van der Waals surface area contributed by atoms with Crippen molar-refractivity contribution >= 4 is 67.3 Å². The summed E-state index contributed by atoms with van der Waals surface area (Å²) in [6, 6.07) is 45.3. The van der Waals surface area contributed by atoms with Crippen LogP contribution in [0.25, 0.3) is 10.6 Å². The smallest absolute Gasteiger partial charge is 0.178 e. The van der Waals surface area contributed by atoms with Crippen molar-refractivity contribution in [3.63, 3.8) is 0 Å². The van der Waals surface area contributed by atoms with Gasteiger partial charge in [0.1, 0.15) is 46.0 Å². The summed E-state index contributed by atoms with van der Waals surface area (Å²) >= 11 is 7.53. The summed E-state index contributed by atoms with van der Waals surface area (Å²) in [7, 11) is 6.54. The topological polar surface area (TPSA) is 208 Å². The van der Waals surface area contributed by atoms with Gasteiger partial charge in [-0.3, -0.25) is 0 Å². The third-order valence-corrected chi connectivity index (χ3v) is 14.9. The van der Waals surface area contributed by atoms with Gasteiger partial charge in [0.2, 0.25) is 0 Å². The number of rotatable bonds is 24. The molecule has 1 aliphatic carbocycles. The van der Waals surface area contributed by atoms with E-state index >= 15 is 0 Å². The van der Waals surface area contributed by atoms with Crippen molar-refractivity contribution in [2.75, 3.05) is 54.9 Å². The van der Waals surface area contributed by atoms with E-state index in [1.165, 1.54) is 12.7 Å². The van der Waals surface area contributed by atoms with Crippen LogP contribution in [0.1, 0.15) is 122 Å². The van der Waals surface area contributed by atoms with Gasteiger partial charge in [0.15, 0.2) is 12.6 Å². The number of hydrogen-bond acceptors (Lipinski definition) is 14. The Labute approximate surface area is 586 Å². The number of fused-ring (bicyclic) bond motifs is 8. The Morgan fingerprint density at radius 2 is 0.609 bits per heavy atom. The summed E-state index contributed by atoms with van der Waals surface area (Å²) in [5.41, 5.74) is 10.9.